The fourth-order valence-electron chi connectivity index (χ4n) is 1.20. The van der Waals surface area contributed by atoms with Gasteiger partial charge in [-0.05, 0) is 46.4 Å². The molecule has 0 aliphatic rings. The van der Waals surface area contributed by atoms with Crippen LogP contribution in [0.15, 0.2) is 30.7 Å². The van der Waals surface area contributed by atoms with E-state index in [0.717, 1.165) is 14.9 Å². The maximum absolute atomic E-state index is 8.39. The molecule has 2 aromatic rings. The molecular weight excluding hydrogens is 293 g/mol. The first-order chi connectivity index (χ1) is 6.81. The van der Waals surface area contributed by atoms with E-state index in [1.165, 1.54) is 6.20 Å². The molecule has 0 fully saturated rings. The Morgan fingerprint density at radius 1 is 1.57 bits per heavy atom. The van der Waals surface area contributed by atoms with Crippen LogP contribution in [0.2, 0.25) is 0 Å². The molecule has 2 heterocycles. The van der Waals surface area contributed by atoms with E-state index in [0.29, 0.717) is 0 Å². The molecule has 0 spiro atoms. The van der Waals surface area contributed by atoms with Crippen molar-refractivity contribution in [1.29, 1.82) is 0 Å². The third kappa shape index (κ3) is 1.73. The Hall–Kier alpha value is -1.08. The normalized spacial score (nSPS) is 11.3. The van der Waals surface area contributed by atoms with Crippen LogP contribution in [0.4, 0.5) is 0 Å². The summed E-state index contributed by atoms with van der Waals surface area (Å²) in [5.74, 6) is 0. The van der Waals surface area contributed by atoms with Crippen LogP contribution in [0, 0.1) is 3.70 Å². The standard InChI is InChI=1S/C9H8IN3O/c10-8-6-11-9-5-7(1-3-12-14)2-4-13(8)9/h1-6,12,14H/b3-1+. The lowest BCUT2D eigenvalue weighted by Gasteiger charge is -1.96. The van der Waals surface area contributed by atoms with Gasteiger partial charge >= 0.3 is 0 Å². The van der Waals surface area contributed by atoms with Gasteiger partial charge in [0.15, 0.2) is 0 Å². The molecule has 0 unspecified atom stereocenters. The van der Waals surface area contributed by atoms with Crippen LogP contribution in [0.5, 0.6) is 0 Å². The largest absolute Gasteiger partial charge is 0.295 e. The van der Waals surface area contributed by atoms with Crippen molar-refractivity contribution in [2.24, 2.45) is 0 Å². The molecule has 4 nitrogen and oxygen atoms in total. The molecule has 0 bridgehead atoms. The molecule has 2 aromatic heterocycles. The van der Waals surface area contributed by atoms with E-state index in [-0.39, 0.29) is 0 Å². The number of hydrogen-bond donors (Lipinski definition) is 2. The van der Waals surface area contributed by atoms with Crippen molar-refractivity contribution >= 4 is 34.3 Å². The van der Waals surface area contributed by atoms with Gasteiger partial charge in [-0.1, -0.05) is 0 Å². The third-order valence-corrected chi connectivity index (χ3v) is 2.64. The number of halogens is 1. The van der Waals surface area contributed by atoms with Crippen LogP contribution in [0.25, 0.3) is 11.7 Å². The number of hydrogen-bond acceptors (Lipinski definition) is 3. The molecule has 72 valence electrons. The second kappa shape index (κ2) is 3.97. The molecule has 2 N–H and O–H groups in total. The Morgan fingerprint density at radius 2 is 2.43 bits per heavy atom. The highest BCUT2D eigenvalue weighted by molar-refractivity contribution is 14.1. The lowest BCUT2D eigenvalue weighted by molar-refractivity contribution is 0.215. The van der Waals surface area contributed by atoms with E-state index >= 15 is 0 Å². The van der Waals surface area contributed by atoms with E-state index < -0.39 is 0 Å². The van der Waals surface area contributed by atoms with Gasteiger partial charge < -0.3 is 0 Å². The fourth-order valence-corrected chi connectivity index (χ4v) is 1.75. The molecule has 0 saturated heterocycles. The molecule has 0 aliphatic carbocycles. The summed E-state index contributed by atoms with van der Waals surface area (Å²) in [5, 5.41) is 8.39. The Kier molecular flexibility index (Phi) is 2.69. The van der Waals surface area contributed by atoms with Gasteiger partial charge in [-0.25, -0.2) is 4.98 Å². The zero-order chi connectivity index (χ0) is 9.97. The Morgan fingerprint density at radius 3 is 3.21 bits per heavy atom. The number of nitrogens with zero attached hydrogens (tertiary/aromatic N) is 2. The van der Waals surface area contributed by atoms with Gasteiger partial charge in [0.25, 0.3) is 0 Å². The molecule has 0 atom stereocenters. The second-order valence-corrected chi connectivity index (χ2v) is 3.84. The molecule has 0 aliphatic heterocycles. The van der Waals surface area contributed by atoms with Crippen molar-refractivity contribution in [3.63, 3.8) is 0 Å². The molecule has 14 heavy (non-hydrogen) atoms. The third-order valence-electron chi connectivity index (χ3n) is 1.84. The van der Waals surface area contributed by atoms with Gasteiger partial charge in [-0.3, -0.25) is 15.1 Å². The summed E-state index contributed by atoms with van der Waals surface area (Å²) in [4.78, 5) is 4.23. The van der Waals surface area contributed by atoms with Crippen LogP contribution in [0.1, 0.15) is 5.56 Å². The minimum atomic E-state index is 0.898. The number of imidazole rings is 1. The molecule has 0 saturated carbocycles. The zero-order valence-electron chi connectivity index (χ0n) is 7.18. The second-order valence-electron chi connectivity index (χ2n) is 2.73. The number of hydroxylamine groups is 1. The van der Waals surface area contributed by atoms with Crippen molar-refractivity contribution < 1.29 is 5.21 Å². The van der Waals surface area contributed by atoms with Gasteiger partial charge in [0.1, 0.15) is 9.35 Å². The summed E-state index contributed by atoms with van der Waals surface area (Å²) >= 11 is 2.22. The van der Waals surface area contributed by atoms with Crippen molar-refractivity contribution in [3.8, 4) is 0 Å². The predicted octanol–water partition coefficient (Wildman–Crippen LogP) is 1.89. The lowest BCUT2D eigenvalue weighted by atomic mass is 10.2. The average molecular weight is 301 g/mol. The van der Waals surface area contributed by atoms with E-state index in [1.54, 1.807) is 6.08 Å². The first-order valence-electron chi connectivity index (χ1n) is 4.00. The van der Waals surface area contributed by atoms with Crippen LogP contribution in [0.3, 0.4) is 0 Å². The summed E-state index contributed by atoms with van der Waals surface area (Å²) in [6, 6.07) is 3.89. The monoisotopic (exact) mass is 301 g/mol. The summed E-state index contributed by atoms with van der Waals surface area (Å²) in [6.45, 7) is 0. The maximum atomic E-state index is 8.39. The highest BCUT2D eigenvalue weighted by atomic mass is 127. The summed E-state index contributed by atoms with van der Waals surface area (Å²) in [6.07, 6.45) is 6.98. The van der Waals surface area contributed by atoms with Crippen molar-refractivity contribution in [2.45, 2.75) is 0 Å². The first kappa shape index (κ1) is 9.47. The van der Waals surface area contributed by atoms with Gasteiger partial charge in [0, 0.05) is 12.4 Å². The zero-order valence-corrected chi connectivity index (χ0v) is 9.34. The number of aromatic nitrogens is 2. The summed E-state index contributed by atoms with van der Waals surface area (Å²) in [7, 11) is 0. The number of rotatable bonds is 2. The smallest absolute Gasteiger partial charge is 0.138 e. The lowest BCUT2D eigenvalue weighted by Crippen LogP contribution is -1.92. The van der Waals surface area contributed by atoms with Gasteiger partial charge in [-0.15, -0.1) is 0 Å². The quantitative estimate of drug-likeness (QED) is 0.658. The average Bonchev–Trinajstić information content (AvgIpc) is 2.57. The number of fused-ring (bicyclic) bond motifs is 1. The molecule has 5 heteroatoms. The number of nitrogens with one attached hydrogen (secondary N) is 1. The van der Waals surface area contributed by atoms with Gasteiger partial charge in [-0.2, -0.15) is 0 Å². The van der Waals surface area contributed by atoms with E-state index in [4.69, 9.17) is 5.21 Å². The van der Waals surface area contributed by atoms with Crippen LogP contribution in [-0.2, 0) is 0 Å². The first-order valence-corrected chi connectivity index (χ1v) is 5.08. The highest BCUT2D eigenvalue weighted by Crippen LogP contribution is 2.11. The Labute approximate surface area is 94.4 Å². The van der Waals surface area contributed by atoms with Crippen molar-refractivity contribution in [1.82, 2.24) is 14.9 Å². The topological polar surface area (TPSA) is 49.6 Å². The van der Waals surface area contributed by atoms with Gasteiger partial charge in [0.05, 0.1) is 6.20 Å². The van der Waals surface area contributed by atoms with Crippen LogP contribution < -0.4 is 5.48 Å². The minimum Gasteiger partial charge on any atom is -0.295 e. The maximum Gasteiger partial charge on any atom is 0.138 e. The summed E-state index contributed by atoms with van der Waals surface area (Å²) in [5.41, 5.74) is 3.84. The van der Waals surface area contributed by atoms with E-state index in [1.807, 2.05) is 34.4 Å². The molecule has 2 rings (SSSR count). The molecule has 0 radical (unpaired) electrons. The minimum absolute atomic E-state index is 0.898. The van der Waals surface area contributed by atoms with Crippen molar-refractivity contribution in [3.05, 3.63) is 40.0 Å². The summed E-state index contributed by atoms with van der Waals surface area (Å²) < 4.78 is 3.07. The Bertz CT molecular complexity index is 478. The van der Waals surface area contributed by atoms with Crippen LogP contribution in [-0.4, -0.2) is 14.6 Å². The predicted molar refractivity (Wildman–Crippen MR) is 61.9 cm³/mol. The van der Waals surface area contributed by atoms with E-state index in [2.05, 4.69) is 27.6 Å². The van der Waals surface area contributed by atoms with Crippen molar-refractivity contribution in [2.75, 3.05) is 0 Å². The Balaban J connectivity index is 2.47. The SMILES string of the molecule is ON/C=C/c1ccn2c(I)cnc2c1. The van der Waals surface area contributed by atoms with E-state index in [9.17, 15) is 0 Å². The highest BCUT2D eigenvalue weighted by Gasteiger charge is 1.98. The molecule has 0 aromatic carbocycles. The molecular formula is C9H8IN3O. The van der Waals surface area contributed by atoms with Gasteiger partial charge in [0.2, 0.25) is 0 Å². The fraction of sp³-hybridized carbons (Fsp3) is 0. The van der Waals surface area contributed by atoms with Crippen LogP contribution >= 0.6 is 22.6 Å². The molecule has 0 amide bonds. The number of pyridine rings is 1.